The Labute approximate surface area is 191 Å². The van der Waals surface area contributed by atoms with Crippen molar-refractivity contribution >= 4 is 10.0 Å². The zero-order valence-corrected chi connectivity index (χ0v) is 19.2. The van der Waals surface area contributed by atoms with Gasteiger partial charge in [-0.15, -0.1) is 0 Å². The summed E-state index contributed by atoms with van der Waals surface area (Å²) in [5, 5.41) is 0. The van der Waals surface area contributed by atoms with Gasteiger partial charge in [0.1, 0.15) is 0 Å². The first-order chi connectivity index (χ1) is 15.6. The van der Waals surface area contributed by atoms with Crippen molar-refractivity contribution in [2.45, 2.75) is 17.9 Å². The Morgan fingerprint density at radius 2 is 1.25 bits per heavy atom. The minimum Gasteiger partial charge on any atom is -0.301 e. The van der Waals surface area contributed by atoms with Gasteiger partial charge in [-0.25, -0.2) is 13.1 Å². The zero-order chi connectivity index (χ0) is 22.2. The number of sulfonamides is 1. The molecule has 1 aliphatic rings. The highest BCUT2D eigenvalue weighted by molar-refractivity contribution is 7.89. The van der Waals surface area contributed by atoms with Gasteiger partial charge >= 0.3 is 0 Å². The van der Waals surface area contributed by atoms with E-state index in [-0.39, 0.29) is 0 Å². The number of rotatable bonds is 9. The minimum atomic E-state index is -3.48. The number of nitrogens with zero attached hydrogens (tertiary/aromatic N) is 2. The first-order valence-electron chi connectivity index (χ1n) is 11.2. The van der Waals surface area contributed by atoms with Crippen LogP contribution in [-0.2, 0) is 16.6 Å². The Bertz CT molecular complexity index is 1060. The molecule has 1 N–H and O–H groups in total. The summed E-state index contributed by atoms with van der Waals surface area (Å²) < 4.78 is 28.0. The molecule has 3 aromatic rings. The van der Waals surface area contributed by atoms with Gasteiger partial charge in [-0.1, -0.05) is 72.8 Å². The van der Waals surface area contributed by atoms with Crippen LogP contribution in [0.15, 0.2) is 89.8 Å². The summed E-state index contributed by atoms with van der Waals surface area (Å²) in [6, 6.07) is 27.6. The summed E-state index contributed by atoms with van der Waals surface area (Å²) in [5.74, 6) is 0. The molecule has 0 aliphatic carbocycles. The van der Waals surface area contributed by atoms with E-state index in [2.05, 4.69) is 44.9 Å². The molecule has 0 amide bonds. The highest BCUT2D eigenvalue weighted by Crippen LogP contribution is 2.21. The summed E-state index contributed by atoms with van der Waals surface area (Å²) in [6.07, 6.45) is 0.806. The average molecular weight is 450 g/mol. The van der Waals surface area contributed by atoms with E-state index in [4.69, 9.17) is 0 Å². The van der Waals surface area contributed by atoms with Gasteiger partial charge in [0.2, 0.25) is 10.0 Å². The molecule has 168 valence electrons. The van der Waals surface area contributed by atoms with Crippen LogP contribution in [0.3, 0.4) is 0 Å². The third kappa shape index (κ3) is 6.26. The predicted octanol–water partition coefficient (Wildman–Crippen LogP) is 3.84. The SMILES string of the molecule is O=S(=O)(NCCCN1CCN(Cc2ccccc2)CC1)c1ccc(-c2ccccc2)cc1. The van der Waals surface area contributed by atoms with Gasteiger partial charge in [0.15, 0.2) is 0 Å². The molecule has 0 atom stereocenters. The molecule has 0 bridgehead atoms. The van der Waals surface area contributed by atoms with Crippen molar-refractivity contribution in [3.8, 4) is 11.1 Å². The van der Waals surface area contributed by atoms with E-state index in [1.165, 1.54) is 5.56 Å². The summed E-state index contributed by atoms with van der Waals surface area (Å²) in [6.45, 7) is 6.52. The van der Waals surface area contributed by atoms with Gasteiger partial charge < -0.3 is 4.90 Å². The molecule has 1 saturated heterocycles. The number of hydrogen-bond donors (Lipinski definition) is 1. The Hall–Kier alpha value is -2.51. The van der Waals surface area contributed by atoms with E-state index < -0.39 is 10.0 Å². The molecule has 1 aliphatic heterocycles. The Balaban J connectivity index is 1.18. The average Bonchev–Trinajstić information content (AvgIpc) is 2.84. The van der Waals surface area contributed by atoms with E-state index in [1.807, 2.05) is 42.5 Å². The van der Waals surface area contributed by atoms with Gasteiger partial charge in [0.05, 0.1) is 4.90 Å². The van der Waals surface area contributed by atoms with Crippen molar-refractivity contribution < 1.29 is 8.42 Å². The fraction of sp³-hybridized carbons (Fsp3) is 0.308. The molecule has 32 heavy (non-hydrogen) atoms. The number of piperazine rings is 1. The first kappa shape index (κ1) is 22.7. The van der Waals surface area contributed by atoms with E-state index in [0.29, 0.717) is 11.4 Å². The normalized spacial score (nSPS) is 15.6. The third-order valence-corrected chi connectivity index (χ3v) is 7.41. The van der Waals surface area contributed by atoms with Crippen molar-refractivity contribution in [1.29, 1.82) is 0 Å². The Morgan fingerprint density at radius 3 is 1.91 bits per heavy atom. The largest absolute Gasteiger partial charge is 0.301 e. The summed E-state index contributed by atoms with van der Waals surface area (Å²) in [5.41, 5.74) is 3.44. The van der Waals surface area contributed by atoms with E-state index in [0.717, 1.165) is 56.8 Å². The number of hydrogen-bond acceptors (Lipinski definition) is 4. The van der Waals surface area contributed by atoms with Crippen LogP contribution in [-0.4, -0.2) is 57.5 Å². The van der Waals surface area contributed by atoms with Gasteiger partial charge in [0, 0.05) is 39.3 Å². The first-order valence-corrected chi connectivity index (χ1v) is 12.7. The molecular formula is C26H31N3O2S. The van der Waals surface area contributed by atoms with Crippen LogP contribution in [0.1, 0.15) is 12.0 Å². The molecule has 1 fully saturated rings. The minimum absolute atomic E-state index is 0.312. The molecule has 3 aromatic carbocycles. The standard InChI is InChI=1S/C26H31N3O2S/c30-32(31,26-14-12-25(13-15-26)24-10-5-2-6-11-24)27-16-7-17-28-18-20-29(21-19-28)22-23-8-3-1-4-9-23/h1-6,8-15,27H,7,16-22H2. The molecule has 0 unspecified atom stereocenters. The lowest BCUT2D eigenvalue weighted by atomic mass is 10.1. The van der Waals surface area contributed by atoms with Crippen LogP contribution in [0.25, 0.3) is 11.1 Å². The lowest BCUT2D eigenvalue weighted by Gasteiger charge is -2.34. The molecule has 0 saturated carbocycles. The van der Waals surface area contributed by atoms with Gasteiger partial charge in [-0.05, 0) is 41.8 Å². The Kier molecular flexibility index (Phi) is 7.71. The van der Waals surface area contributed by atoms with Crippen LogP contribution in [0.2, 0.25) is 0 Å². The van der Waals surface area contributed by atoms with Gasteiger partial charge in [-0.2, -0.15) is 0 Å². The molecule has 6 heteroatoms. The second-order valence-corrected chi connectivity index (χ2v) is 10.0. The van der Waals surface area contributed by atoms with Crippen LogP contribution in [0.5, 0.6) is 0 Å². The van der Waals surface area contributed by atoms with E-state index in [9.17, 15) is 8.42 Å². The molecule has 1 heterocycles. The molecule has 4 rings (SSSR count). The van der Waals surface area contributed by atoms with Gasteiger partial charge in [-0.3, -0.25) is 4.90 Å². The second-order valence-electron chi connectivity index (χ2n) is 8.25. The van der Waals surface area contributed by atoms with Crippen molar-refractivity contribution in [2.75, 3.05) is 39.3 Å². The highest BCUT2D eigenvalue weighted by atomic mass is 32.2. The van der Waals surface area contributed by atoms with E-state index >= 15 is 0 Å². The molecule has 0 radical (unpaired) electrons. The third-order valence-electron chi connectivity index (χ3n) is 5.93. The molecular weight excluding hydrogens is 418 g/mol. The van der Waals surface area contributed by atoms with Gasteiger partial charge in [0.25, 0.3) is 0 Å². The van der Waals surface area contributed by atoms with Crippen LogP contribution < -0.4 is 4.72 Å². The summed E-state index contributed by atoms with van der Waals surface area (Å²) in [4.78, 5) is 5.21. The number of benzene rings is 3. The second kappa shape index (κ2) is 10.9. The van der Waals surface area contributed by atoms with Crippen molar-refractivity contribution in [3.63, 3.8) is 0 Å². The van der Waals surface area contributed by atoms with Crippen molar-refractivity contribution in [1.82, 2.24) is 14.5 Å². The summed E-state index contributed by atoms with van der Waals surface area (Å²) >= 11 is 0. The Morgan fingerprint density at radius 1 is 0.688 bits per heavy atom. The maximum atomic E-state index is 12.6. The fourth-order valence-corrected chi connectivity index (χ4v) is 5.14. The maximum Gasteiger partial charge on any atom is 0.240 e. The van der Waals surface area contributed by atoms with Crippen LogP contribution in [0.4, 0.5) is 0 Å². The predicted molar refractivity (Wildman–Crippen MR) is 130 cm³/mol. The monoisotopic (exact) mass is 449 g/mol. The summed E-state index contributed by atoms with van der Waals surface area (Å²) in [7, 11) is -3.48. The van der Waals surface area contributed by atoms with Crippen molar-refractivity contribution in [2.24, 2.45) is 0 Å². The topological polar surface area (TPSA) is 52.7 Å². The smallest absolute Gasteiger partial charge is 0.240 e. The molecule has 0 spiro atoms. The maximum absolute atomic E-state index is 12.6. The van der Waals surface area contributed by atoms with Crippen LogP contribution in [0, 0.1) is 0 Å². The fourth-order valence-electron chi connectivity index (χ4n) is 4.06. The van der Waals surface area contributed by atoms with Crippen molar-refractivity contribution in [3.05, 3.63) is 90.5 Å². The van der Waals surface area contributed by atoms with Crippen LogP contribution >= 0.6 is 0 Å². The lowest BCUT2D eigenvalue weighted by molar-refractivity contribution is 0.126. The lowest BCUT2D eigenvalue weighted by Crippen LogP contribution is -2.46. The molecule has 5 nitrogen and oxygen atoms in total. The number of nitrogens with one attached hydrogen (secondary N) is 1. The highest BCUT2D eigenvalue weighted by Gasteiger charge is 2.17. The molecule has 0 aromatic heterocycles. The quantitative estimate of drug-likeness (QED) is 0.505. The van der Waals surface area contributed by atoms with E-state index in [1.54, 1.807) is 12.1 Å². The zero-order valence-electron chi connectivity index (χ0n) is 18.4.